The van der Waals surface area contributed by atoms with Crippen LogP contribution in [0.15, 0.2) is 36.4 Å². The van der Waals surface area contributed by atoms with E-state index < -0.39 is 0 Å². The highest BCUT2D eigenvalue weighted by molar-refractivity contribution is 5.90. The summed E-state index contributed by atoms with van der Waals surface area (Å²) in [5, 5.41) is 0. The zero-order chi connectivity index (χ0) is 10.8. The van der Waals surface area contributed by atoms with E-state index in [4.69, 9.17) is 0 Å². The molecule has 1 aliphatic carbocycles. The van der Waals surface area contributed by atoms with Crippen molar-refractivity contribution >= 4 is 5.78 Å². The van der Waals surface area contributed by atoms with Gasteiger partial charge in [-0.3, -0.25) is 4.79 Å². The van der Waals surface area contributed by atoms with Gasteiger partial charge in [-0.05, 0) is 24.0 Å². The fourth-order valence-corrected chi connectivity index (χ4v) is 2.04. The highest BCUT2D eigenvalue weighted by Gasteiger charge is 2.31. The molecule has 1 nitrogen and oxygen atoms in total. The smallest absolute Gasteiger partial charge is 0.144 e. The summed E-state index contributed by atoms with van der Waals surface area (Å²) in [6.07, 6.45) is 2.38. The first-order valence-electron chi connectivity index (χ1n) is 5.49. The van der Waals surface area contributed by atoms with Crippen LogP contribution in [0.3, 0.4) is 0 Å². The minimum Gasteiger partial charge on any atom is -0.299 e. The average molecular weight is 200 g/mol. The lowest BCUT2D eigenvalue weighted by molar-refractivity contribution is -0.120. The Labute approximate surface area is 90.8 Å². The summed E-state index contributed by atoms with van der Waals surface area (Å²) in [6, 6.07) is 8.21. The molecule has 0 saturated carbocycles. The van der Waals surface area contributed by atoms with E-state index >= 15 is 0 Å². The number of rotatable bonds is 4. The maximum atomic E-state index is 11.9. The van der Waals surface area contributed by atoms with Crippen LogP contribution in [-0.2, 0) is 11.2 Å². The molecule has 1 heteroatoms. The van der Waals surface area contributed by atoms with Crippen LogP contribution in [0, 0.1) is 0 Å². The monoisotopic (exact) mass is 200 g/mol. The zero-order valence-corrected chi connectivity index (χ0v) is 9.12. The van der Waals surface area contributed by atoms with Crippen molar-refractivity contribution in [1.29, 1.82) is 0 Å². The number of hydrogen-bond donors (Lipinski definition) is 0. The average Bonchev–Trinajstić information content (AvgIpc) is 2.19. The Morgan fingerprint density at radius 1 is 1.47 bits per heavy atom. The van der Waals surface area contributed by atoms with E-state index in [0.717, 1.165) is 18.4 Å². The van der Waals surface area contributed by atoms with Gasteiger partial charge in [0.05, 0.1) is 0 Å². The number of fused-ring (bicyclic) bond motifs is 1. The van der Waals surface area contributed by atoms with E-state index in [1.807, 2.05) is 19.1 Å². The molecule has 0 heterocycles. The SMILES string of the molecule is C=C(CC)CC(=O)C1Cc2ccccc21. The second-order valence-corrected chi connectivity index (χ2v) is 4.20. The quantitative estimate of drug-likeness (QED) is 0.682. The van der Waals surface area contributed by atoms with Gasteiger partial charge in [0, 0.05) is 12.3 Å². The Morgan fingerprint density at radius 2 is 2.20 bits per heavy atom. The van der Waals surface area contributed by atoms with Crippen LogP contribution in [-0.4, -0.2) is 5.78 Å². The fraction of sp³-hybridized carbons (Fsp3) is 0.357. The van der Waals surface area contributed by atoms with Crippen molar-refractivity contribution < 1.29 is 4.79 Å². The highest BCUT2D eigenvalue weighted by Crippen LogP contribution is 2.36. The topological polar surface area (TPSA) is 17.1 Å². The molecule has 0 bridgehead atoms. The van der Waals surface area contributed by atoms with Gasteiger partial charge in [0.1, 0.15) is 5.78 Å². The summed E-state index contributed by atoms with van der Waals surface area (Å²) in [6.45, 7) is 5.94. The fourth-order valence-electron chi connectivity index (χ4n) is 2.04. The van der Waals surface area contributed by atoms with Crippen LogP contribution in [0.2, 0.25) is 0 Å². The highest BCUT2D eigenvalue weighted by atomic mass is 16.1. The maximum Gasteiger partial charge on any atom is 0.144 e. The molecule has 0 radical (unpaired) electrons. The normalized spacial score (nSPS) is 17.8. The number of allylic oxidation sites excluding steroid dienone is 1. The molecular formula is C14H16O. The summed E-state index contributed by atoms with van der Waals surface area (Å²) >= 11 is 0. The molecule has 1 aromatic rings. The zero-order valence-electron chi connectivity index (χ0n) is 9.12. The molecule has 0 aromatic heterocycles. The molecule has 1 aromatic carbocycles. The van der Waals surface area contributed by atoms with Crippen LogP contribution >= 0.6 is 0 Å². The Balaban J connectivity index is 2.04. The maximum absolute atomic E-state index is 11.9. The van der Waals surface area contributed by atoms with Crippen LogP contribution < -0.4 is 0 Å². The Bertz CT molecular complexity index is 404. The standard InChI is InChI=1S/C14H16O/c1-3-10(2)8-14(15)13-9-11-6-4-5-7-12(11)13/h4-7,13H,2-3,8-9H2,1H3. The van der Waals surface area contributed by atoms with Gasteiger partial charge in [-0.1, -0.05) is 43.3 Å². The molecule has 0 N–H and O–H groups in total. The molecule has 0 amide bonds. The summed E-state index contributed by atoms with van der Waals surface area (Å²) in [7, 11) is 0. The first kappa shape index (κ1) is 10.2. The van der Waals surface area contributed by atoms with Gasteiger partial charge in [-0.25, -0.2) is 0 Å². The summed E-state index contributed by atoms with van der Waals surface area (Å²) in [5.74, 6) is 0.477. The van der Waals surface area contributed by atoms with Crippen molar-refractivity contribution in [2.75, 3.05) is 0 Å². The van der Waals surface area contributed by atoms with Gasteiger partial charge in [0.15, 0.2) is 0 Å². The third-order valence-corrected chi connectivity index (χ3v) is 3.17. The molecule has 1 atom stereocenters. The molecule has 78 valence electrons. The Morgan fingerprint density at radius 3 is 2.87 bits per heavy atom. The van der Waals surface area contributed by atoms with Gasteiger partial charge in [0.2, 0.25) is 0 Å². The number of ketones is 1. The van der Waals surface area contributed by atoms with Crippen LogP contribution in [0.25, 0.3) is 0 Å². The van der Waals surface area contributed by atoms with Gasteiger partial charge >= 0.3 is 0 Å². The summed E-state index contributed by atoms with van der Waals surface area (Å²) in [4.78, 5) is 11.9. The minimum atomic E-state index is 0.143. The predicted octanol–water partition coefficient (Wildman–Crippen LogP) is 3.25. The van der Waals surface area contributed by atoms with E-state index in [1.54, 1.807) is 0 Å². The van der Waals surface area contributed by atoms with E-state index in [-0.39, 0.29) is 5.92 Å². The second kappa shape index (κ2) is 4.01. The number of carbonyl (C=O) groups is 1. The van der Waals surface area contributed by atoms with Gasteiger partial charge in [0.25, 0.3) is 0 Å². The van der Waals surface area contributed by atoms with Crippen molar-refractivity contribution in [2.45, 2.75) is 32.1 Å². The second-order valence-electron chi connectivity index (χ2n) is 4.20. The summed E-state index contributed by atoms with van der Waals surface area (Å²) < 4.78 is 0. The Hall–Kier alpha value is -1.37. The van der Waals surface area contributed by atoms with Crippen molar-refractivity contribution in [2.24, 2.45) is 0 Å². The van der Waals surface area contributed by atoms with E-state index in [2.05, 4.69) is 18.7 Å². The van der Waals surface area contributed by atoms with E-state index in [1.165, 1.54) is 11.1 Å². The largest absolute Gasteiger partial charge is 0.299 e. The lowest BCUT2D eigenvalue weighted by atomic mass is 9.74. The predicted molar refractivity (Wildman–Crippen MR) is 61.9 cm³/mol. The molecule has 1 unspecified atom stereocenters. The van der Waals surface area contributed by atoms with Crippen molar-refractivity contribution in [3.63, 3.8) is 0 Å². The first-order valence-corrected chi connectivity index (χ1v) is 5.49. The third kappa shape index (κ3) is 1.87. The molecular weight excluding hydrogens is 184 g/mol. The molecule has 1 aliphatic rings. The van der Waals surface area contributed by atoms with Gasteiger partial charge in [-0.15, -0.1) is 0 Å². The number of benzene rings is 1. The third-order valence-electron chi connectivity index (χ3n) is 3.17. The number of carbonyl (C=O) groups excluding carboxylic acids is 1. The van der Waals surface area contributed by atoms with Crippen LogP contribution in [0.1, 0.15) is 36.8 Å². The summed E-state index contributed by atoms with van der Waals surface area (Å²) in [5.41, 5.74) is 3.61. The van der Waals surface area contributed by atoms with Crippen LogP contribution in [0.5, 0.6) is 0 Å². The Kier molecular flexibility index (Phi) is 2.72. The van der Waals surface area contributed by atoms with Gasteiger partial charge < -0.3 is 0 Å². The van der Waals surface area contributed by atoms with Crippen molar-refractivity contribution in [1.82, 2.24) is 0 Å². The molecule has 0 saturated heterocycles. The van der Waals surface area contributed by atoms with Crippen molar-refractivity contribution in [3.8, 4) is 0 Å². The molecule has 0 aliphatic heterocycles. The number of Topliss-reactive ketones (excluding diaryl/α,β-unsaturated/α-hetero) is 1. The van der Waals surface area contributed by atoms with E-state index in [0.29, 0.717) is 12.2 Å². The molecule has 2 rings (SSSR count). The van der Waals surface area contributed by atoms with E-state index in [9.17, 15) is 4.79 Å². The number of hydrogen-bond acceptors (Lipinski definition) is 1. The van der Waals surface area contributed by atoms with Crippen molar-refractivity contribution in [3.05, 3.63) is 47.5 Å². The van der Waals surface area contributed by atoms with Crippen LogP contribution in [0.4, 0.5) is 0 Å². The molecule has 15 heavy (non-hydrogen) atoms. The lowest BCUT2D eigenvalue weighted by Gasteiger charge is -2.28. The molecule has 0 spiro atoms. The van der Waals surface area contributed by atoms with Gasteiger partial charge in [-0.2, -0.15) is 0 Å². The first-order chi connectivity index (χ1) is 7.22. The minimum absolute atomic E-state index is 0.143. The molecule has 0 fully saturated rings. The lowest BCUT2D eigenvalue weighted by Crippen LogP contribution is -2.25.